The number of fused-ring (bicyclic) bond motifs is 7. The van der Waals surface area contributed by atoms with Crippen molar-refractivity contribution in [3.63, 3.8) is 0 Å². The molecule has 0 saturated carbocycles. The molecular weight excluding hydrogens is 847 g/mol. The van der Waals surface area contributed by atoms with E-state index < -0.39 is 41.3 Å². The number of amides is 4. The van der Waals surface area contributed by atoms with Crippen LogP contribution < -0.4 is 10.7 Å². The Balaban J connectivity index is 1.15. The van der Waals surface area contributed by atoms with Crippen LogP contribution in [-0.4, -0.2) is 149 Å². The molecule has 0 spiro atoms. The van der Waals surface area contributed by atoms with Gasteiger partial charge in [0.15, 0.2) is 0 Å². The van der Waals surface area contributed by atoms with Crippen molar-refractivity contribution in [3.05, 3.63) is 58.2 Å². The van der Waals surface area contributed by atoms with Gasteiger partial charge in [0, 0.05) is 98.9 Å². The molecule has 8 rings (SSSR count). The Bertz CT molecular complexity index is 2400. The highest BCUT2D eigenvalue weighted by atomic mass is 32.1. The first-order valence-electron chi connectivity index (χ1n) is 23.1. The zero-order chi connectivity index (χ0) is 46.2. The Labute approximate surface area is 385 Å². The largest absolute Gasteiger partial charge is 0.464 e. The minimum Gasteiger partial charge on any atom is -0.464 e. The standard InChI is InChI=1S/C48H65N9O7S/c1-9-56-39-15-14-31-22-34(39)35(43(56)33-12-10-16-49-41(33)30(4)62-8)24-48(5,6)28-64-46(60)36-13-11-17-57(52-36)45(59)37(23-40-50-38(31)27-65-40)51-44(58)42(29(2)3)53(7)47(61)55-19-18-54-20-21-63-26-32(54)25-55/h10,12,14-16,22,27,29-30,32,36-37,42,52H,9,11,13,17-21,23-26,28H2,1-8H3,(H,51,58)/t30-,32-,36-,37-,42?/m0/s1. The Morgan fingerprint density at radius 3 is 2.71 bits per heavy atom. The molecule has 0 radical (unpaired) electrons. The van der Waals surface area contributed by atoms with Gasteiger partial charge in [-0.1, -0.05) is 33.8 Å². The molecule has 4 aromatic rings. The number of thiazole rings is 1. The van der Waals surface area contributed by atoms with Crippen molar-refractivity contribution in [2.75, 3.05) is 66.7 Å². The van der Waals surface area contributed by atoms with E-state index in [2.05, 4.69) is 65.2 Å². The SMILES string of the molecule is CCn1c(-c2cccnc2[C@H](C)OC)c2c3cc(ccc31)-c1csc(n1)C[C@H](NC(=O)C(C(C)C)N(C)C(=O)N1CCN3CCOC[C@@H]3C1)C(=O)N1CCC[C@H](N1)C(=O)OCC(C)(C)C2. The van der Waals surface area contributed by atoms with E-state index in [0.717, 1.165) is 57.8 Å². The van der Waals surface area contributed by atoms with E-state index in [9.17, 15) is 19.2 Å². The maximum atomic E-state index is 14.7. The third-order valence-corrected chi connectivity index (χ3v) is 14.4. The van der Waals surface area contributed by atoms with Gasteiger partial charge in [0.2, 0.25) is 5.91 Å². The highest BCUT2D eigenvalue weighted by Gasteiger charge is 2.40. The van der Waals surface area contributed by atoms with E-state index in [4.69, 9.17) is 24.2 Å². The number of carbonyl (C=O) groups is 4. The van der Waals surface area contributed by atoms with Gasteiger partial charge in [-0.3, -0.25) is 29.3 Å². The van der Waals surface area contributed by atoms with Crippen LogP contribution in [0.5, 0.6) is 0 Å². The second-order valence-corrected chi connectivity index (χ2v) is 20.0. The number of rotatable bonds is 8. The summed E-state index contributed by atoms with van der Waals surface area (Å²) >= 11 is 1.43. The average Bonchev–Trinajstić information content (AvgIpc) is 3.90. The number of aromatic nitrogens is 3. The number of hydrogen-bond donors (Lipinski definition) is 2. The molecule has 4 aliphatic rings. The van der Waals surface area contributed by atoms with E-state index in [1.165, 1.54) is 21.2 Å². The minimum atomic E-state index is -1.05. The topological polar surface area (TPSA) is 164 Å². The number of carbonyl (C=O) groups excluding carboxylic acids is 4. The molecule has 4 aliphatic heterocycles. The number of urea groups is 1. The van der Waals surface area contributed by atoms with Crippen LogP contribution in [0.3, 0.4) is 0 Å². The molecule has 6 bridgehead atoms. The maximum Gasteiger partial charge on any atom is 0.324 e. The summed E-state index contributed by atoms with van der Waals surface area (Å²) in [5.41, 5.74) is 9.39. The first-order chi connectivity index (χ1) is 31.2. The van der Waals surface area contributed by atoms with E-state index in [0.29, 0.717) is 63.7 Å². The smallest absolute Gasteiger partial charge is 0.324 e. The Morgan fingerprint density at radius 1 is 1.12 bits per heavy atom. The van der Waals surface area contributed by atoms with Gasteiger partial charge in [-0.05, 0) is 68.9 Å². The number of nitrogens with one attached hydrogen (secondary N) is 2. The van der Waals surface area contributed by atoms with Crippen LogP contribution in [-0.2, 0) is 48.0 Å². The molecule has 3 fully saturated rings. The molecule has 65 heavy (non-hydrogen) atoms. The van der Waals surface area contributed by atoms with E-state index in [-0.39, 0.29) is 37.1 Å². The molecule has 1 unspecified atom stereocenters. The molecule has 5 atom stereocenters. The lowest BCUT2D eigenvalue weighted by molar-refractivity contribution is -0.155. The van der Waals surface area contributed by atoms with Gasteiger partial charge in [0.05, 0.1) is 54.1 Å². The normalized spacial score (nSPS) is 22.8. The Kier molecular flexibility index (Phi) is 14.0. The van der Waals surface area contributed by atoms with Crippen molar-refractivity contribution in [1.82, 2.24) is 45.0 Å². The average molecular weight is 912 g/mol. The number of methoxy groups -OCH3 is 1. The van der Waals surface area contributed by atoms with Gasteiger partial charge in [0.1, 0.15) is 18.1 Å². The lowest BCUT2D eigenvalue weighted by atomic mass is 9.84. The molecule has 2 N–H and O–H groups in total. The number of hydrazine groups is 1. The van der Waals surface area contributed by atoms with Gasteiger partial charge >= 0.3 is 12.0 Å². The summed E-state index contributed by atoms with van der Waals surface area (Å²) in [5, 5.41) is 8.23. The lowest BCUT2D eigenvalue weighted by Crippen LogP contribution is -2.64. The number of cyclic esters (lactones) is 1. The van der Waals surface area contributed by atoms with Gasteiger partial charge in [-0.2, -0.15) is 0 Å². The third-order valence-electron chi connectivity index (χ3n) is 13.5. The first kappa shape index (κ1) is 46.6. The van der Waals surface area contributed by atoms with Crippen LogP contribution in [0.25, 0.3) is 33.4 Å². The van der Waals surface area contributed by atoms with E-state index in [1.807, 2.05) is 32.2 Å². The second-order valence-electron chi connectivity index (χ2n) is 19.1. The molecule has 0 aliphatic carbocycles. The highest BCUT2D eigenvalue weighted by Crippen LogP contribution is 2.42. The van der Waals surface area contributed by atoms with Crippen molar-refractivity contribution >= 4 is 46.1 Å². The van der Waals surface area contributed by atoms with Gasteiger partial charge < -0.3 is 33.9 Å². The highest BCUT2D eigenvalue weighted by molar-refractivity contribution is 7.10. The first-order valence-corrected chi connectivity index (χ1v) is 24.0. The summed E-state index contributed by atoms with van der Waals surface area (Å²) < 4.78 is 20.0. The van der Waals surface area contributed by atoms with Gasteiger partial charge in [0.25, 0.3) is 5.91 Å². The van der Waals surface area contributed by atoms with Crippen LogP contribution >= 0.6 is 11.3 Å². The summed E-state index contributed by atoms with van der Waals surface area (Å²) in [6.45, 7) is 17.3. The number of pyridine rings is 1. The molecule has 3 saturated heterocycles. The lowest BCUT2D eigenvalue weighted by Gasteiger charge is -2.45. The summed E-state index contributed by atoms with van der Waals surface area (Å²) in [4.78, 5) is 72.7. The van der Waals surface area contributed by atoms with Crippen LogP contribution in [0, 0.1) is 11.3 Å². The van der Waals surface area contributed by atoms with Crippen LogP contribution in [0.2, 0.25) is 0 Å². The molecule has 3 aromatic heterocycles. The van der Waals surface area contributed by atoms with Crippen LogP contribution in [0.1, 0.15) is 76.8 Å². The number of benzene rings is 1. The van der Waals surface area contributed by atoms with Crippen molar-refractivity contribution in [3.8, 4) is 22.5 Å². The van der Waals surface area contributed by atoms with E-state index >= 15 is 0 Å². The summed E-state index contributed by atoms with van der Waals surface area (Å²) in [5.74, 6) is -1.54. The maximum absolute atomic E-state index is 14.7. The number of hydrogen-bond acceptors (Lipinski definition) is 12. The number of piperazine rings is 1. The molecule has 4 amide bonds. The minimum absolute atomic E-state index is 0.105. The number of morpholine rings is 1. The van der Waals surface area contributed by atoms with Crippen LogP contribution in [0.4, 0.5) is 4.79 Å². The molecule has 350 valence electrons. The number of ether oxygens (including phenoxy) is 3. The third kappa shape index (κ3) is 9.66. The number of aryl methyl sites for hydroxylation is 1. The van der Waals surface area contributed by atoms with E-state index in [1.54, 1.807) is 25.3 Å². The summed E-state index contributed by atoms with van der Waals surface area (Å²) in [6.07, 6.45) is 3.29. The monoisotopic (exact) mass is 911 g/mol. The number of esters is 1. The van der Waals surface area contributed by atoms with Gasteiger partial charge in [-0.25, -0.2) is 15.2 Å². The predicted octanol–water partition coefficient (Wildman–Crippen LogP) is 5.30. The summed E-state index contributed by atoms with van der Waals surface area (Å²) in [7, 11) is 3.35. The zero-order valence-electron chi connectivity index (χ0n) is 39.1. The second kappa shape index (κ2) is 19.5. The Morgan fingerprint density at radius 2 is 1.94 bits per heavy atom. The van der Waals surface area contributed by atoms with Crippen molar-refractivity contribution in [2.45, 2.75) is 104 Å². The fourth-order valence-corrected chi connectivity index (χ4v) is 10.9. The van der Waals surface area contributed by atoms with Crippen molar-refractivity contribution in [2.24, 2.45) is 11.3 Å². The number of likely N-dealkylation sites (N-methyl/N-ethyl adjacent to an activating group) is 1. The van der Waals surface area contributed by atoms with Crippen molar-refractivity contribution in [1.29, 1.82) is 0 Å². The molecule has 7 heterocycles. The molecule has 16 nitrogen and oxygen atoms in total. The van der Waals surface area contributed by atoms with Crippen LogP contribution in [0.15, 0.2) is 41.9 Å². The fraction of sp³-hybridized carbons (Fsp3) is 0.583. The quantitative estimate of drug-likeness (QED) is 0.221. The summed E-state index contributed by atoms with van der Waals surface area (Å²) in [6, 6.07) is 7.67. The molecule has 17 heteroatoms. The fourth-order valence-electron chi connectivity index (χ4n) is 10.0. The van der Waals surface area contributed by atoms with Crippen molar-refractivity contribution < 1.29 is 33.4 Å². The Hall–Kier alpha value is -4.94. The number of nitrogens with zero attached hydrogens (tertiary/aromatic N) is 7. The predicted molar refractivity (Wildman–Crippen MR) is 249 cm³/mol. The molecular formula is C48H65N9O7S. The van der Waals surface area contributed by atoms with Gasteiger partial charge in [-0.15, -0.1) is 11.3 Å². The zero-order valence-corrected chi connectivity index (χ0v) is 39.9. The molecule has 1 aromatic carbocycles.